The molecule has 0 saturated carbocycles. The number of hydrogen-bond donors (Lipinski definition) is 0. The molecule has 0 atom stereocenters. The van der Waals surface area contributed by atoms with Gasteiger partial charge in [-0.25, -0.2) is 9.97 Å². The summed E-state index contributed by atoms with van der Waals surface area (Å²) < 4.78 is 0. The van der Waals surface area contributed by atoms with E-state index in [1.54, 1.807) is 6.20 Å². The van der Waals surface area contributed by atoms with Gasteiger partial charge >= 0.3 is 0 Å². The molecule has 0 spiro atoms. The number of allylic oxidation sites excluding steroid dienone is 5. The molecule has 1 aromatic carbocycles. The third-order valence-electron chi connectivity index (χ3n) is 4.31. The lowest BCUT2D eigenvalue weighted by atomic mass is 10.0. The predicted molar refractivity (Wildman–Crippen MR) is 117 cm³/mol. The fourth-order valence-corrected chi connectivity index (χ4v) is 2.82. The molecule has 140 valence electrons. The van der Waals surface area contributed by atoms with Crippen LogP contribution in [0.5, 0.6) is 0 Å². The molecule has 1 aromatic heterocycles. The van der Waals surface area contributed by atoms with E-state index in [0.29, 0.717) is 0 Å². The van der Waals surface area contributed by atoms with Gasteiger partial charge in [0.15, 0.2) is 0 Å². The summed E-state index contributed by atoms with van der Waals surface area (Å²) in [5.41, 5.74) is 7.45. The minimum Gasteiger partial charge on any atom is -0.253 e. The standard InChI is InChI=1S/C24H29N3/c1-7-9-21(8-2)16-18(4)26-24(22-12-10-17(3)11-13-22)19(5)23-14-15-25-20(6)27-23/h7,9-16H,8H2,1-6H3/b9-7-,21-16-,24-19+,26-18+. The molecule has 27 heavy (non-hydrogen) atoms. The lowest BCUT2D eigenvalue weighted by Gasteiger charge is -2.10. The van der Waals surface area contributed by atoms with Gasteiger partial charge < -0.3 is 0 Å². The highest BCUT2D eigenvalue weighted by molar-refractivity contribution is 6.01. The molecule has 0 unspecified atom stereocenters. The summed E-state index contributed by atoms with van der Waals surface area (Å²) in [4.78, 5) is 13.8. The summed E-state index contributed by atoms with van der Waals surface area (Å²) in [6, 6.07) is 10.4. The Kier molecular flexibility index (Phi) is 7.42. The SMILES string of the molecule is C\C=C/C(=C\C(C)=N\C(=C(/C)c1ccnc(C)n1)c1ccc(C)cc1)CC. The van der Waals surface area contributed by atoms with Crippen LogP contribution in [0.2, 0.25) is 0 Å². The van der Waals surface area contributed by atoms with Crippen molar-refractivity contribution in [2.24, 2.45) is 4.99 Å². The first-order valence-corrected chi connectivity index (χ1v) is 9.41. The lowest BCUT2D eigenvalue weighted by Crippen LogP contribution is -1.97. The van der Waals surface area contributed by atoms with Crippen LogP contribution in [-0.2, 0) is 0 Å². The van der Waals surface area contributed by atoms with Crippen molar-refractivity contribution in [1.29, 1.82) is 0 Å². The van der Waals surface area contributed by atoms with Gasteiger partial charge in [0.05, 0.1) is 11.4 Å². The van der Waals surface area contributed by atoms with Crippen molar-refractivity contribution in [1.82, 2.24) is 9.97 Å². The third kappa shape index (κ3) is 5.85. The maximum absolute atomic E-state index is 4.98. The molecule has 0 aliphatic heterocycles. The molecule has 0 aliphatic rings. The quantitative estimate of drug-likeness (QED) is 0.445. The fraction of sp³-hybridized carbons (Fsp3) is 0.292. The van der Waals surface area contributed by atoms with Crippen molar-refractivity contribution < 1.29 is 0 Å². The first kappa shape index (κ1) is 20.5. The van der Waals surface area contributed by atoms with E-state index in [1.807, 2.05) is 26.8 Å². The Bertz CT molecular complexity index is 897. The summed E-state index contributed by atoms with van der Waals surface area (Å²) in [5, 5.41) is 0. The van der Waals surface area contributed by atoms with Crippen molar-refractivity contribution >= 4 is 17.0 Å². The monoisotopic (exact) mass is 359 g/mol. The molecule has 0 bridgehead atoms. The van der Waals surface area contributed by atoms with Crippen LogP contribution >= 0.6 is 0 Å². The summed E-state index contributed by atoms with van der Waals surface area (Å²) in [5.74, 6) is 0.761. The zero-order valence-electron chi connectivity index (χ0n) is 17.2. The van der Waals surface area contributed by atoms with E-state index in [2.05, 4.69) is 73.2 Å². The lowest BCUT2D eigenvalue weighted by molar-refractivity contribution is 1.03. The van der Waals surface area contributed by atoms with Crippen LogP contribution in [0.1, 0.15) is 56.8 Å². The predicted octanol–water partition coefficient (Wildman–Crippen LogP) is 6.36. The summed E-state index contributed by atoms with van der Waals surface area (Å²) in [7, 11) is 0. The normalized spacial score (nSPS) is 13.9. The molecule has 0 aliphatic carbocycles. The van der Waals surface area contributed by atoms with Gasteiger partial charge in [-0.15, -0.1) is 0 Å². The second-order valence-corrected chi connectivity index (χ2v) is 6.65. The Balaban J connectivity index is 2.61. The molecule has 3 heteroatoms. The van der Waals surface area contributed by atoms with Crippen LogP contribution in [0, 0.1) is 13.8 Å². The number of nitrogens with zero attached hydrogens (tertiary/aromatic N) is 3. The average molecular weight is 360 g/mol. The number of hydrogen-bond acceptors (Lipinski definition) is 3. The van der Waals surface area contributed by atoms with Gasteiger partial charge in [0.1, 0.15) is 5.82 Å². The number of rotatable bonds is 6. The topological polar surface area (TPSA) is 38.1 Å². The molecule has 0 amide bonds. The van der Waals surface area contributed by atoms with Gasteiger partial charge in [0.25, 0.3) is 0 Å². The van der Waals surface area contributed by atoms with Crippen molar-refractivity contribution in [2.75, 3.05) is 0 Å². The number of benzene rings is 1. The summed E-state index contributed by atoms with van der Waals surface area (Å²) in [6.45, 7) is 12.3. The van der Waals surface area contributed by atoms with E-state index >= 15 is 0 Å². The van der Waals surface area contributed by atoms with Crippen LogP contribution in [-0.4, -0.2) is 15.7 Å². The van der Waals surface area contributed by atoms with E-state index in [4.69, 9.17) is 4.99 Å². The fourth-order valence-electron chi connectivity index (χ4n) is 2.82. The molecule has 2 rings (SSSR count). The number of aromatic nitrogens is 2. The maximum Gasteiger partial charge on any atom is 0.125 e. The number of aryl methyl sites for hydroxylation is 2. The van der Waals surface area contributed by atoms with E-state index in [-0.39, 0.29) is 0 Å². The van der Waals surface area contributed by atoms with Crippen LogP contribution in [0.4, 0.5) is 0 Å². The van der Waals surface area contributed by atoms with E-state index in [9.17, 15) is 0 Å². The van der Waals surface area contributed by atoms with Crippen molar-refractivity contribution in [3.8, 4) is 0 Å². The highest BCUT2D eigenvalue weighted by Crippen LogP contribution is 2.27. The van der Waals surface area contributed by atoms with Gasteiger partial charge in [0, 0.05) is 23.0 Å². The van der Waals surface area contributed by atoms with Crippen LogP contribution < -0.4 is 0 Å². The summed E-state index contributed by atoms with van der Waals surface area (Å²) in [6.07, 6.45) is 9.12. The van der Waals surface area contributed by atoms with Crippen molar-refractivity contribution in [3.63, 3.8) is 0 Å². The zero-order valence-corrected chi connectivity index (χ0v) is 17.2. The van der Waals surface area contributed by atoms with Crippen molar-refractivity contribution in [2.45, 2.75) is 48.0 Å². The van der Waals surface area contributed by atoms with E-state index in [0.717, 1.165) is 40.5 Å². The first-order valence-electron chi connectivity index (χ1n) is 9.41. The third-order valence-corrected chi connectivity index (χ3v) is 4.31. The van der Waals surface area contributed by atoms with Crippen molar-refractivity contribution in [3.05, 3.63) is 83.0 Å². The summed E-state index contributed by atoms with van der Waals surface area (Å²) >= 11 is 0. The maximum atomic E-state index is 4.98. The first-order chi connectivity index (χ1) is 12.9. The van der Waals surface area contributed by atoms with E-state index < -0.39 is 0 Å². The molecule has 0 N–H and O–H groups in total. The largest absolute Gasteiger partial charge is 0.253 e. The number of aliphatic imine (C=N–C) groups is 1. The van der Waals surface area contributed by atoms with Gasteiger partial charge in [0.2, 0.25) is 0 Å². The Morgan fingerprint density at radius 2 is 1.78 bits per heavy atom. The smallest absolute Gasteiger partial charge is 0.125 e. The van der Waals surface area contributed by atoms with Gasteiger partial charge in [-0.1, -0.05) is 48.9 Å². The highest BCUT2D eigenvalue weighted by atomic mass is 14.9. The molecule has 0 saturated heterocycles. The zero-order chi connectivity index (χ0) is 19.8. The molecular weight excluding hydrogens is 330 g/mol. The average Bonchev–Trinajstić information content (AvgIpc) is 2.66. The molecule has 0 fully saturated rings. The minimum absolute atomic E-state index is 0.761. The molecule has 3 nitrogen and oxygen atoms in total. The Hall–Kier alpha value is -2.81. The Morgan fingerprint density at radius 1 is 1.07 bits per heavy atom. The second-order valence-electron chi connectivity index (χ2n) is 6.65. The molecule has 0 radical (unpaired) electrons. The van der Waals surface area contributed by atoms with Gasteiger partial charge in [-0.05, 0) is 58.8 Å². The minimum atomic E-state index is 0.761. The second kappa shape index (κ2) is 9.77. The van der Waals surface area contributed by atoms with E-state index in [1.165, 1.54) is 11.1 Å². The molecular formula is C24H29N3. The van der Waals surface area contributed by atoms with Gasteiger partial charge in [-0.2, -0.15) is 0 Å². The van der Waals surface area contributed by atoms with Crippen LogP contribution in [0.3, 0.4) is 0 Å². The molecule has 2 aromatic rings. The Morgan fingerprint density at radius 3 is 2.37 bits per heavy atom. The van der Waals surface area contributed by atoms with Crippen LogP contribution in [0.15, 0.2) is 65.3 Å². The molecule has 1 heterocycles. The highest BCUT2D eigenvalue weighted by Gasteiger charge is 2.09. The Labute approximate surface area is 163 Å². The van der Waals surface area contributed by atoms with Crippen LogP contribution in [0.25, 0.3) is 11.3 Å². The van der Waals surface area contributed by atoms with Gasteiger partial charge in [-0.3, -0.25) is 4.99 Å².